The highest BCUT2D eigenvalue weighted by atomic mass is 19.1. The van der Waals surface area contributed by atoms with Gasteiger partial charge in [0.05, 0.1) is 0 Å². The molecule has 136 valence electrons. The lowest BCUT2D eigenvalue weighted by molar-refractivity contribution is 0.0282. The van der Waals surface area contributed by atoms with Crippen molar-refractivity contribution in [2.75, 3.05) is 31.1 Å². The molecule has 1 aromatic carbocycles. The van der Waals surface area contributed by atoms with Crippen molar-refractivity contribution in [3.8, 4) is 0 Å². The Kier molecular flexibility index (Phi) is 4.68. The van der Waals surface area contributed by atoms with Gasteiger partial charge in [-0.2, -0.15) is 0 Å². The van der Waals surface area contributed by atoms with Crippen LogP contribution in [0.1, 0.15) is 20.8 Å². The minimum atomic E-state index is -1.70. The molecule has 2 N–H and O–H groups in total. The van der Waals surface area contributed by atoms with Crippen molar-refractivity contribution in [1.82, 2.24) is 4.90 Å². The fourth-order valence-corrected chi connectivity index (χ4v) is 3.61. The summed E-state index contributed by atoms with van der Waals surface area (Å²) in [6.45, 7) is 8.20. The number of nitrogens with zero attached hydrogens (tertiary/aromatic N) is 2. The third-order valence-corrected chi connectivity index (χ3v) is 4.71. The predicted molar refractivity (Wildman–Crippen MR) is 93.2 cm³/mol. The molecule has 0 radical (unpaired) electrons. The zero-order valence-electron chi connectivity index (χ0n) is 14.8. The summed E-state index contributed by atoms with van der Waals surface area (Å²) in [6, 6.07) is 4.12. The SMILES string of the molecule is CC(C)(C)OC(=O)N1CC2CN(c3cc(F)cc(B(O)O)c3)CC2C1. The fourth-order valence-electron chi connectivity index (χ4n) is 3.61. The highest BCUT2D eigenvalue weighted by Crippen LogP contribution is 2.34. The molecule has 0 aliphatic carbocycles. The molecule has 25 heavy (non-hydrogen) atoms. The topological polar surface area (TPSA) is 73.2 Å². The van der Waals surface area contributed by atoms with Crippen LogP contribution in [-0.2, 0) is 4.74 Å². The number of carbonyl (C=O) groups is 1. The Hall–Kier alpha value is -1.80. The van der Waals surface area contributed by atoms with E-state index in [1.54, 1.807) is 11.0 Å². The molecule has 6 nitrogen and oxygen atoms in total. The van der Waals surface area contributed by atoms with Gasteiger partial charge >= 0.3 is 13.2 Å². The minimum absolute atomic E-state index is 0.141. The van der Waals surface area contributed by atoms with E-state index in [-0.39, 0.29) is 11.6 Å². The number of hydrogen-bond donors (Lipinski definition) is 2. The Morgan fingerprint density at radius 3 is 2.28 bits per heavy atom. The second-order valence-electron chi connectivity index (χ2n) is 7.93. The smallest absolute Gasteiger partial charge is 0.444 e. The van der Waals surface area contributed by atoms with Gasteiger partial charge in [-0.3, -0.25) is 0 Å². The number of halogens is 1. The van der Waals surface area contributed by atoms with Gasteiger partial charge in [-0.15, -0.1) is 0 Å². The number of likely N-dealkylation sites (tertiary alicyclic amines) is 1. The van der Waals surface area contributed by atoms with E-state index in [4.69, 9.17) is 4.74 Å². The molecule has 3 rings (SSSR count). The van der Waals surface area contributed by atoms with Gasteiger partial charge in [0.1, 0.15) is 11.4 Å². The van der Waals surface area contributed by atoms with Crippen LogP contribution in [0, 0.1) is 17.7 Å². The van der Waals surface area contributed by atoms with Crippen LogP contribution in [0.2, 0.25) is 0 Å². The summed E-state index contributed by atoms with van der Waals surface area (Å²) in [5.41, 5.74) is 0.271. The maximum absolute atomic E-state index is 13.7. The summed E-state index contributed by atoms with van der Waals surface area (Å²) >= 11 is 0. The lowest BCUT2D eigenvalue weighted by Crippen LogP contribution is -2.37. The summed E-state index contributed by atoms with van der Waals surface area (Å²) in [5.74, 6) is 0.115. The van der Waals surface area contributed by atoms with Gasteiger partial charge < -0.3 is 24.6 Å². The van der Waals surface area contributed by atoms with Crippen molar-refractivity contribution in [3.05, 3.63) is 24.0 Å². The molecule has 1 aromatic rings. The Morgan fingerprint density at radius 1 is 1.16 bits per heavy atom. The molecule has 2 unspecified atom stereocenters. The molecule has 0 aromatic heterocycles. The molecular formula is C17H24BFN2O4. The fraction of sp³-hybridized carbons (Fsp3) is 0.588. The first-order chi connectivity index (χ1) is 11.6. The summed E-state index contributed by atoms with van der Waals surface area (Å²) in [7, 11) is -1.70. The largest absolute Gasteiger partial charge is 0.488 e. The van der Waals surface area contributed by atoms with Crippen molar-refractivity contribution in [1.29, 1.82) is 0 Å². The van der Waals surface area contributed by atoms with E-state index in [1.165, 1.54) is 6.07 Å². The van der Waals surface area contributed by atoms with Crippen LogP contribution in [0.3, 0.4) is 0 Å². The van der Waals surface area contributed by atoms with Gasteiger partial charge in [-0.1, -0.05) is 0 Å². The first-order valence-corrected chi connectivity index (χ1v) is 8.52. The zero-order chi connectivity index (χ0) is 18.4. The molecule has 2 saturated heterocycles. The lowest BCUT2D eigenvalue weighted by Gasteiger charge is -2.26. The summed E-state index contributed by atoms with van der Waals surface area (Å²) in [5, 5.41) is 18.6. The first kappa shape index (κ1) is 18.0. The van der Waals surface area contributed by atoms with Crippen molar-refractivity contribution >= 4 is 24.4 Å². The number of amides is 1. The third-order valence-electron chi connectivity index (χ3n) is 4.71. The average molecular weight is 350 g/mol. The number of benzene rings is 1. The van der Waals surface area contributed by atoms with E-state index in [1.807, 2.05) is 25.7 Å². The van der Waals surface area contributed by atoms with Gasteiger partial charge in [0.15, 0.2) is 0 Å². The molecular weight excluding hydrogens is 326 g/mol. The quantitative estimate of drug-likeness (QED) is 0.773. The third kappa shape index (κ3) is 4.07. The maximum atomic E-state index is 13.7. The van der Waals surface area contributed by atoms with Crippen LogP contribution in [-0.4, -0.2) is 59.9 Å². The molecule has 0 bridgehead atoms. The van der Waals surface area contributed by atoms with Gasteiger partial charge in [-0.05, 0) is 44.4 Å². The molecule has 2 atom stereocenters. The van der Waals surface area contributed by atoms with E-state index in [2.05, 4.69) is 0 Å². The Bertz CT molecular complexity index is 651. The zero-order valence-corrected chi connectivity index (χ0v) is 14.8. The van der Waals surface area contributed by atoms with Crippen LogP contribution >= 0.6 is 0 Å². The summed E-state index contributed by atoms with van der Waals surface area (Å²) in [6.07, 6.45) is -0.287. The number of carbonyl (C=O) groups excluding carboxylic acids is 1. The van der Waals surface area contributed by atoms with E-state index >= 15 is 0 Å². The predicted octanol–water partition coefficient (Wildman–Crippen LogP) is 0.809. The molecule has 1 amide bonds. The van der Waals surface area contributed by atoms with Crippen LogP contribution in [0.5, 0.6) is 0 Å². The Morgan fingerprint density at radius 2 is 1.76 bits per heavy atom. The second kappa shape index (κ2) is 6.50. The highest BCUT2D eigenvalue weighted by Gasteiger charge is 2.42. The van der Waals surface area contributed by atoms with Gasteiger partial charge in [-0.25, -0.2) is 9.18 Å². The number of rotatable bonds is 2. The van der Waals surface area contributed by atoms with E-state index < -0.39 is 18.5 Å². The Labute approximate surface area is 147 Å². The highest BCUT2D eigenvalue weighted by molar-refractivity contribution is 6.58. The average Bonchev–Trinajstić information content (AvgIpc) is 3.03. The molecule has 2 heterocycles. The number of fused-ring (bicyclic) bond motifs is 1. The molecule has 0 spiro atoms. The number of anilines is 1. The minimum Gasteiger partial charge on any atom is -0.444 e. The standard InChI is InChI=1S/C17H24BFN2O4/c1-17(2,3)25-16(22)21-9-11-7-20(8-12(11)10-21)15-5-13(18(23)24)4-14(19)6-15/h4-6,11-12,23-24H,7-10H2,1-3H3. The normalized spacial score (nSPS) is 23.0. The van der Waals surface area contributed by atoms with Crippen molar-refractivity contribution in [2.24, 2.45) is 11.8 Å². The molecule has 2 aliphatic heterocycles. The van der Waals surface area contributed by atoms with E-state index in [9.17, 15) is 19.2 Å². The van der Waals surface area contributed by atoms with E-state index in [0.29, 0.717) is 43.7 Å². The number of ether oxygens (including phenoxy) is 1. The summed E-state index contributed by atoms with van der Waals surface area (Å²) in [4.78, 5) is 16.0. The maximum Gasteiger partial charge on any atom is 0.488 e. The number of hydrogen-bond acceptors (Lipinski definition) is 5. The van der Waals surface area contributed by atoms with Gasteiger partial charge in [0.25, 0.3) is 0 Å². The van der Waals surface area contributed by atoms with Crippen molar-refractivity contribution in [2.45, 2.75) is 26.4 Å². The molecule has 2 aliphatic rings. The van der Waals surface area contributed by atoms with Crippen molar-refractivity contribution < 1.29 is 24.0 Å². The van der Waals surface area contributed by atoms with Crippen LogP contribution < -0.4 is 10.4 Å². The van der Waals surface area contributed by atoms with Gasteiger partial charge in [0, 0.05) is 43.7 Å². The monoisotopic (exact) mass is 350 g/mol. The molecule has 8 heteroatoms. The molecule has 0 saturated carbocycles. The molecule has 2 fully saturated rings. The first-order valence-electron chi connectivity index (χ1n) is 8.52. The van der Waals surface area contributed by atoms with Gasteiger partial charge in [0.2, 0.25) is 0 Å². The summed E-state index contributed by atoms with van der Waals surface area (Å²) < 4.78 is 19.2. The van der Waals surface area contributed by atoms with E-state index in [0.717, 1.165) is 6.07 Å². The Balaban J connectivity index is 1.65. The van der Waals surface area contributed by atoms with Crippen LogP contribution in [0.4, 0.5) is 14.9 Å². The second-order valence-corrected chi connectivity index (χ2v) is 7.93. The van der Waals surface area contributed by atoms with Crippen molar-refractivity contribution in [3.63, 3.8) is 0 Å². The van der Waals surface area contributed by atoms with Crippen LogP contribution in [0.15, 0.2) is 18.2 Å². The van der Waals surface area contributed by atoms with Crippen LogP contribution in [0.25, 0.3) is 0 Å². The lowest BCUT2D eigenvalue weighted by atomic mass is 9.80.